The Morgan fingerprint density at radius 1 is 0.898 bits per heavy atom. The third-order valence-corrected chi connectivity index (χ3v) is 10.1. The van der Waals surface area contributed by atoms with Crippen LogP contribution < -0.4 is 5.32 Å². The van der Waals surface area contributed by atoms with E-state index in [9.17, 15) is 18.0 Å². The van der Waals surface area contributed by atoms with Crippen molar-refractivity contribution in [2.45, 2.75) is 84.5 Å². The van der Waals surface area contributed by atoms with Gasteiger partial charge in [0.15, 0.2) is 0 Å². The number of alkyl halides is 3. The molecule has 266 valence electrons. The highest BCUT2D eigenvalue weighted by atomic mass is 19.4. The van der Waals surface area contributed by atoms with Gasteiger partial charge in [0.25, 0.3) is 0 Å². The maximum atomic E-state index is 14.2. The number of piperazine rings is 1. The van der Waals surface area contributed by atoms with E-state index in [1.165, 1.54) is 23.3 Å². The molecule has 1 N–H and O–H groups in total. The molecule has 8 heteroatoms. The molecule has 3 aromatic rings. The van der Waals surface area contributed by atoms with E-state index < -0.39 is 23.8 Å². The van der Waals surface area contributed by atoms with Gasteiger partial charge >= 0.3 is 6.18 Å². The minimum Gasteiger partial charge on any atom is -0.377 e. The summed E-state index contributed by atoms with van der Waals surface area (Å²) in [5.41, 5.74) is 5.40. The summed E-state index contributed by atoms with van der Waals surface area (Å²) >= 11 is 0. The monoisotopic (exact) mass is 676 g/mol. The Kier molecular flexibility index (Phi) is 13.9. The molecule has 0 spiro atoms. The first-order valence-electron chi connectivity index (χ1n) is 17.9. The summed E-state index contributed by atoms with van der Waals surface area (Å²) in [6, 6.07) is 21.8. The minimum absolute atomic E-state index is 0.00151. The summed E-state index contributed by atoms with van der Waals surface area (Å²) < 4.78 is 42.6. The molecule has 1 amide bonds. The molecule has 3 atom stereocenters. The van der Waals surface area contributed by atoms with Gasteiger partial charge in [0.05, 0.1) is 5.56 Å². The SMILES string of the molecule is C=C(CC(C)c1ccccc1CC)NC(Cc1ccc(C)cc1)C(=O)N1CCN(C(CCN(CC)CC)c2ccccc2C(F)(F)F)CC1. The molecule has 0 radical (unpaired) electrons. The van der Waals surface area contributed by atoms with Crippen molar-refractivity contribution in [3.63, 3.8) is 0 Å². The Morgan fingerprint density at radius 2 is 1.51 bits per heavy atom. The van der Waals surface area contributed by atoms with E-state index in [2.05, 4.69) is 97.9 Å². The fourth-order valence-electron chi connectivity index (χ4n) is 7.18. The van der Waals surface area contributed by atoms with Gasteiger partial charge in [0, 0.05) is 44.3 Å². The lowest BCUT2D eigenvalue weighted by molar-refractivity contribution is -0.139. The van der Waals surface area contributed by atoms with Crippen LogP contribution in [0.1, 0.15) is 85.9 Å². The average Bonchev–Trinajstić information content (AvgIpc) is 3.10. The van der Waals surface area contributed by atoms with Crippen LogP contribution >= 0.6 is 0 Å². The molecule has 1 saturated heterocycles. The Bertz CT molecular complexity index is 1490. The number of nitrogens with zero attached hydrogens (tertiary/aromatic N) is 3. The van der Waals surface area contributed by atoms with Gasteiger partial charge in [0.2, 0.25) is 5.91 Å². The van der Waals surface area contributed by atoms with Gasteiger partial charge in [-0.2, -0.15) is 13.2 Å². The van der Waals surface area contributed by atoms with Crippen molar-refractivity contribution >= 4 is 5.91 Å². The predicted octanol–water partition coefficient (Wildman–Crippen LogP) is 8.40. The Morgan fingerprint density at radius 3 is 2.12 bits per heavy atom. The summed E-state index contributed by atoms with van der Waals surface area (Å²) in [7, 11) is 0. The van der Waals surface area contributed by atoms with Crippen molar-refractivity contribution in [1.82, 2.24) is 20.0 Å². The number of benzene rings is 3. The first kappa shape index (κ1) is 38.2. The zero-order chi connectivity index (χ0) is 35.6. The summed E-state index contributed by atoms with van der Waals surface area (Å²) in [5.74, 6) is 0.237. The third-order valence-electron chi connectivity index (χ3n) is 10.1. The molecule has 0 bridgehead atoms. The van der Waals surface area contributed by atoms with Crippen LogP contribution in [0.3, 0.4) is 0 Å². The normalized spacial score (nSPS) is 16.0. The second kappa shape index (κ2) is 17.9. The van der Waals surface area contributed by atoms with Crippen LogP contribution in [0, 0.1) is 6.92 Å². The van der Waals surface area contributed by atoms with Crippen LogP contribution in [-0.4, -0.2) is 72.5 Å². The number of amides is 1. The molecular weight excluding hydrogens is 621 g/mol. The van der Waals surface area contributed by atoms with Crippen LogP contribution in [0.25, 0.3) is 0 Å². The lowest BCUT2D eigenvalue weighted by Gasteiger charge is -2.41. The van der Waals surface area contributed by atoms with Crippen molar-refractivity contribution in [2.75, 3.05) is 45.8 Å². The van der Waals surface area contributed by atoms with Crippen molar-refractivity contribution in [3.05, 3.63) is 118 Å². The number of carbonyl (C=O) groups excluding carboxylic acids is 1. The standard InChI is InChI=1S/C41H55F3N4O/c1-7-34-14-10-11-15-35(34)31(5)28-32(6)45-38(29-33-20-18-30(4)19-21-33)40(49)48-26-24-47(25-27-48)39(22-23-46(8-2)9-3)36-16-12-13-17-37(36)41(42,43)44/h10-21,31,38-39,45H,6-9,22-29H2,1-5H3. The number of carbonyl (C=O) groups is 1. The fourth-order valence-corrected chi connectivity index (χ4v) is 7.18. The van der Waals surface area contributed by atoms with E-state index in [0.717, 1.165) is 36.3 Å². The quantitative estimate of drug-likeness (QED) is 0.165. The number of nitrogens with one attached hydrogen (secondary N) is 1. The molecule has 49 heavy (non-hydrogen) atoms. The average molecular weight is 677 g/mol. The molecule has 1 aliphatic rings. The molecule has 3 unspecified atom stereocenters. The maximum Gasteiger partial charge on any atom is 0.416 e. The highest BCUT2D eigenvalue weighted by molar-refractivity contribution is 5.82. The number of rotatable bonds is 16. The van der Waals surface area contributed by atoms with E-state index in [4.69, 9.17) is 0 Å². The summed E-state index contributed by atoms with van der Waals surface area (Å²) in [6.45, 7) is 19.2. The highest BCUT2D eigenvalue weighted by Crippen LogP contribution is 2.38. The van der Waals surface area contributed by atoms with Gasteiger partial charge in [-0.1, -0.05) is 107 Å². The first-order valence-corrected chi connectivity index (χ1v) is 17.9. The van der Waals surface area contributed by atoms with Gasteiger partial charge in [0.1, 0.15) is 6.04 Å². The lowest BCUT2D eigenvalue weighted by atomic mass is 9.91. The molecule has 0 aliphatic carbocycles. The molecule has 4 rings (SSSR count). The fraction of sp³-hybridized carbons (Fsp3) is 0.488. The molecule has 0 saturated carbocycles. The number of halogens is 3. The largest absolute Gasteiger partial charge is 0.416 e. The topological polar surface area (TPSA) is 38.8 Å². The Labute approximate surface area is 292 Å². The second-order valence-corrected chi connectivity index (χ2v) is 13.4. The van der Waals surface area contributed by atoms with Crippen LogP contribution in [0.4, 0.5) is 13.2 Å². The van der Waals surface area contributed by atoms with E-state index in [1.807, 2.05) is 11.8 Å². The van der Waals surface area contributed by atoms with Crippen LogP contribution in [-0.2, 0) is 23.8 Å². The lowest BCUT2D eigenvalue weighted by Crippen LogP contribution is -2.55. The van der Waals surface area contributed by atoms with Crippen LogP contribution in [0.5, 0.6) is 0 Å². The minimum atomic E-state index is -4.44. The van der Waals surface area contributed by atoms with Crippen molar-refractivity contribution in [1.29, 1.82) is 0 Å². The number of allylic oxidation sites excluding steroid dienone is 1. The van der Waals surface area contributed by atoms with E-state index >= 15 is 0 Å². The van der Waals surface area contributed by atoms with Crippen LogP contribution in [0.15, 0.2) is 85.1 Å². The number of aryl methyl sites for hydroxylation is 2. The Hall–Kier alpha value is -3.62. The van der Waals surface area contributed by atoms with E-state index in [1.54, 1.807) is 12.1 Å². The molecule has 3 aromatic carbocycles. The number of hydrogen-bond acceptors (Lipinski definition) is 4. The zero-order valence-corrected chi connectivity index (χ0v) is 30.0. The summed E-state index contributed by atoms with van der Waals surface area (Å²) in [4.78, 5) is 20.5. The predicted molar refractivity (Wildman–Crippen MR) is 195 cm³/mol. The molecular formula is C41H55F3N4O. The summed E-state index contributed by atoms with van der Waals surface area (Å²) in [5, 5.41) is 3.52. The molecule has 1 heterocycles. The second-order valence-electron chi connectivity index (χ2n) is 13.4. The molecule has 1 fully saturated rings. The van der Waals surface area contributed by atoms with Gasteiger partial charge in [-0.15, -0.1) is 0 Å². The third kappa shape index (κ3) is 10.4. The van der Waals surface area contributed by atoms with Crippen molar-refractivity contribution < 1.29 is 18.0 Å². The van der Waals surface area contributed by atoms with Crippen molar-refractivity contribution in [3.8, 4) is 0 Å². The van der Waals surface area contributed by atoms with Crippen molar-refractivity contribution in [2.24, 2.45) is 0 Å². The van der Waals surface area contributed by atoms with Gasteiger partial charge in [-0.05, 0) is 80.1 Å². The molecule has 5 nitrogen and oxygen atoms in total. The van der Waals surface area contributed by atoms with Gasteiger partial charge < -0.3 is 15.1 Å². The van der Waals surface area contributed by atoms with Gasteiger partial charge in [-0.25, -0.2) is 0 Å². The first-order chi connectivity index (χ1) is 23.4. The Balaban J connectivity index is 1.51. The molecule has 1 aliphatic heterocycles. The van der Waals surface area contributed by atoms with Crippen LogP contribution in [0.2, 0.25) is 0 Å². The molecule has 0 aromatic heterocycles. The maximum absolute atomic E-state index is 14.2. The zero-order valence-electron chi connectivity index (χ0n) is 30.0. The highest BCUT2D eigenvalue weighted by Gasteiger charge is 2.38. The van der Waals surface area contributed by atoms with E-state index in [-0.39, 0.29) is 11.8 Å². The smallest absolute Gasteiger partial charge is 0.377 e. The van der Waals surface area contributed by atoms with E-state index in [0.29, 0.717) is 57.5 Å². The van der Waals surface area contributed by atoms with Gasteiger partial charge in [-0.3, -0.25) is 9.69 Å². The number of hydrogen-bond donors (Lipinski definition) is 1. The summed E-state index contributed by atoms with van der Waals surface area (Å²) in [6.07, 6.45) is -1.67.